The molecule has 1 N–H and O–H groups in total. The predicted molar refractivity (Wildman–Crippen MR) is 110 cm³/mol. The minimum Gasteiger partial charge on any atom is -0.356 e. The third kappa shape index (κ3) is 3.90. The van der Waals surface area contributed by atoms with E-state index in [2.05, 4.69) is 19.9 Å². The summed E-state index contributed by atoms with van der Waals surface area (Å²) in [5.41, 5.74) is 1.82. The van der Waals surface area contributed by atoms with E-state index in [1.54, 1.807) is 43.5 Å². The van der Waals surface area contributed by atoms with Gasteiger partial charge in [0.15, 0.2) is 11.6 Å². The van der Waals surface area contributed by atoms with E-state index in [1.165, 1.54) is 12.1 Å². The summed E-state index contributed by atoms with van der Waals surface area (Å²) in [6.07, 6.45) is 5.04. The molecule has 0 bridgehead atoms. The Morgan fingerprint density at radius 3 is 2.60 bits per heavy atom. The van der Waals surface area contributed by atoms with Crippen LogP contribution in [0.15, 0.2) is 42.7 Å². The largest absolute Gasteiger partial charge is 0.356 e. The molecule has 1 aliphatic heterocycles. The molecule has 1 saturated heterocycles. The van der Waals surface area contributed by atoms with E-state index >= 15 is 0 Å². The van der Waals surface area contributed by atoms with Crippen molar-refractivity contribution in [1.82, 2.24) is 19.9 Å². The maximum Gasteiger partial charge on any atom is 0.257 e. The number of halogens is 2. The predicted octanol–water partition coefficient (Wildman–Crippen LogP) is 3.84. The van der Waals surface area contributed by atoms with Crippen LogP contribution in [0.5, 0.6) is 0 Å². The number of anilines is 1. The molecule has 6 nitrogen and oxygen atoms in total. The fourth-order valence-corrected chi connectivity index (χ4v) is 3.78. The Morgan fingerprint density at radius 1 is 1.13 bits per heavy atom. The summed E-state index contributed by atoms with van der Waals surface area (Å²) in [7, 11) is 3.46. The molecule has 0 radical (unpaired) electrons. The third-order valence-electron chi connectivity index (χ3n) is 5.43. The summed E-state index contributed by atoms with van der Waals surface area (Å²) in [5.74, 6) is -0.0566. The van der Waals surface area contributed by atoms with Crippen LogP contribution in [0, 0.1) is 11.6 Å². The number of piperidine rings is 1. The highest BCUT2D eigenvalue weighted by atomic mass is 19.2. The lowest BCUT2D eigenvalue weighted by atomic mass is 9.96. The summed E-state index contributed by atoms with van der Waals surface area (Å²) in [5, 5.41) is 0. The van der Waals surface area contributed by atoms with Gasteiger partial charge in [-0.3, -0.25) is 4.79 Å². The van der Waals surface area contributed by atoms with Crippen molar-refractivity contribution < 1.29 is 13.6 Å². The van der Waals surface area contributed by atoms with Crippen LogP contribution in [0.4, 0.5) is 14.6 Å². The van der Waals surface area contributed by atoms with E-state index in [1.807, 2.05) is 0 Å². The van der Waals surface area contributed by atoms with Gasteiger partial charge in [0.25, 0.3) is 5.91 Å². The maximum absolute atomic E-state index is 13.5. The van der Waals surface area contributed by atoms with Gasteiger partial charge in [-0.05, 0) is 43.2 Å². The molecule has 8 heteroatoms. The molecule has 3 heterocycles. The summed E-state index contributed by atoms with van der Waals surface area (Å²) in [6, 6.07) is 7.39. The molecule has 0 spiro atoms. The number of carbonyl (C=O) groups excluding carboxylic acids is 1. The number of benzene rings is 1. The van der Waals surface area contributed by atoms with E-state index in [-0.39, 0.29) is 11.8 Å². The Kier molecular flexibility index (Phi) is 5.48. The van der Waals surface area contributed by atoms with Gasteiger partial charge in [-0.2, -0.15) is 0 Å². The molecule has 1 aromatic carbocycles. The number of rotatable bonds is 4. The zero-order valence-corrected chi connectivity index (χ0v) is 16.9. The van der Waals surface area contributed by atoms with Gasteiger partial charge in [-0.1, -0.05) is 0 Å². The van der Waals surface area contributed by atoms with Gasteiger partial charge in [0.2, 0.25) is 0 Å². The number of amides is 1. The molecule has 30 heavy (non-hydrogen) atoms. The number of imidazole rings is 1. The van der Waals surface area contributed by atoms with Gasteiger partial charge < -0.3 is 14.8 Å². The van der Waals surface area contributed by atoms with Crippen molar-refractivity contribution in [3.63, 3.8) is 0 Å². The first-order valence-electron chi connectivity index (χ1n) is 9.86. The van der Waals surface area contributed by atoms with Crippen molar-refractivity contribution >= 4 is 11.7 Å². The Bertz CT molecular complexity index is 1060. The lowest BCUT2D eigenvalue weighted by Gasteiger charge is -2.33. The number of H-pyrrole nitrogens is 1. The third-order valence-corrected chi connectivity index (χ3v) is 5.43. The van der Waals surface area contributed by atoms with E-state index < -0.39 is 11.6 Å². The number of hydrogen-bond acceptors (Lipinski definition) is 4. The molecule has 0 unspecified atom stereocenters. The minimum atomic E-state index is -0.879. The summed E-state index contributed by atoms with van der Waals surface area (Å²) in [6.45, 7) is 1.49. The molecule has 0 atom stereocenters. The molecule has 4 rings (SSSR count). The second-order valence-corrected chi connectivity index (χ2v) is 7.65. The van der Waals surface area contributed by atoms with Crippen LogP contribution in [-0.4, -0.2) is 52.9 Å². The molecule has 0 saturated carbocycles. The van der Waals surface area contributed by atoms with Gasteiger partial charge in [0.05, 0.1) is 17.5 Å². The zero-order chi connectivity index (χ0) is 21.3. The summed E-state index contributed by atoms with van der Waals surface area (Å²) in [4.78, 5) is 28.3. The molecular formula is C22H23F2N5O. The summed E-state index contributed by atoms with van der Waals surface area (Å²) < 4.78 is 26.7. The second kappa shape index (κ2) is 8.22. The van der Waals surface area contributed by atoms with Crippen LogP contribution < -0.4 is 4.90 Å². The topological polar surface area (TPSA) is 65.1 Å². The monoisotopic (exact) mass is 411 g/mol. The minimum absolute atomic E-state index is 0.0672. The van der Waals surface area contributed by atoms with Gasteiger partial charge in [0.1, 0.15) is 11.6 Å². The van der Waals surface area contributed by atoms with Crippen molar-refractivity contribution in [2.24, 2.45) is 0 Å². The lowest BCUT2D eigenvalue weighted by Crippen LogP contribution is -2.36. The fraction of sp³-hybridized carbons (Fsp3) is 0.318. The molecule has 156 valence electrons. The van der Waals surface area contributed by atoms with Crippen molar-refractivity contribution in [1.29, 1.82) is 0 Å². The standard InChI is InChI=1S/C22H23F2N5O/c1-28(2)22(30)16-4-3-9-25-21(16)29-10-7-14(8-11-29)20-26-13-19(27-20)15-5-6-17(23)18(24)12-15/h3-6,9,12-14H,7-8,10-11H2,1-2H3,(H,26,27). The van der Waals surface area contributed by atoms with Gasteiger partial charge in [0, 0.05) is 44.9 Å². The highest BCUT2D eigenvalue weighted by Crippen LogP contribution is 2.31. The summed E-state index contributed by atoms with van der Waals surface area (Å²) >= 11 is 0. The van der Waals surface area contributed by atoms with Crippen LogP contribution in [-0.2, 0) is 0 Å². The van der Waals surface area contributed by atoms with Crippen LogP contribution in [0.3, 0.4) is 0 Å². The van der Waals surface area contributed by atoms with E-state index in [0.29, 0.717) is 22.6 Å². The number of nitrogens with one attached hydrogen (secondary N) is 1. The van der Waals surface area contributed by atoms with Crippen LogP contribution >= 0.6 is 0 Å². The van der Waals surface area contributed by atoms with Gasteiger partial charge in [-0.15, -0.1) is 0 Å². The highest BCUT2D eigenvalue weighted by molar-refractivity contribution is 5.98. The molecule has 1 fully saturated rings. The first-order valence-corrected chi connectivity index (χ1v) is 9.86. The van der Waals surface area contributed by atoms with Crippen molar-refractivity contribution in [3.8, 4) is 11.3 Å². The average Bonchev–Trinajstić information content (AvgIpc) is 3.25. The molecule has 2 aromatic heterocycles. The number of aromatic nitrogens is 3. The molecule has 1 amide bonds. The quantitative estimate of drug-likeness (QED) is 0.709. The number of pyridine rings is 1. The molecule has 0 aliphatic carbocycles. The van der Waals surface area contributed by atoms with Crippen molar-refractivity contribution in [3.05, 3.63) is 65.7 Å². The number of carbonyl (C=O) groups is 1. The van der Waals surface area contributed by atoms with E-state index in [4.69, 9.17) is 0 Å². The molecular weight excluding hydrogens is 388 g/mol. The molecule has 1 aliphatic rings. The average molecular weight is 411 g/mol. The lowest BCUT2D eigenvalue weighted by molar-refractivity contribution is 0.0827. The van der Waals surface area contributed by atoms with Crippen LogP contribution in [0.2, 0.25) is 0 Å². The van der Waals surface area contributed by atoms with Crippen LogP contribution in [0.1, 0.15) is 34.9 Å². The number of hydrogen-bond donors (Lipinski definition) is 1. The molecule has 3 aromatic rings. The smallest absolute Gasteiger partial charge is 0.257 e. The van der Waals surface area contributed by atoms with E-state index in [0.717, 1.165) is 37.8 Å². The second-order valence-electron chi connectivity index (χ2n) is 7.65. The number of nitrogens with zero attached hydrogens (tertiary/aromatic N) is 4. The van der Waals surface area contributed by atoms with Gasteiger partial charge >= 0.3 is 0 Å². The Hall–Kier alpha value is -3.29. The Balaban J connectivity index is 1.47. The first kappa shape index (κ1) is 20.0. The first-order chi connectivity index (χ1) is 14.4. The Morgan fingerprint density at radius 2 is 1.90 bits per heavy atom. The normalized spacial score (nSPS) is 14.7. The fourth-order valence-electron chi connectivity index (χ4n) is 3.78. The van der Waals surface area contributed by atoms with Crippen molar-refractivity contribution in [2.75, 3.05) is 32.1 Å². The maximum atomic E-state index is 13.5. The van der Waals surface area contributed by atoms with Crippen LogP contribution in [0.25, 0.3) is 11.3 Å². The highest BCUT2D eigenvalue weighted by Gasteiger charge is 2.26. The van der Waals surface area contributed by atoms with Crippen molar-refractivity contribution in [2.45, 2.75) is 18.8 Å². The zero-order valence-electron chi connectivity index (χ0n) is 16.9. The Labute approximate surface area is 173 Å². The van der Waals surface area contributed by atoms with Gasteiger partial charge in [-0.25, -0.2) is 18.7 Å². The SMILES string of the molecule is CN(C)C(=O)c1cccnc1N1CCC(c2ncc(-c3ccc(F)c(F)c3)[nH]2)CC1. The van der Waals surface area contributed by atoms with E-state index in [9.17, 15) is 13.6 Å². The number of aromatic amines is 1.